The highest BCUT2D eigenvalue weighted by Gasteiger charge is 2.71. The lowest BCUT2D eigenvalue weighted by atomic mass is 9.38. The molecule has 0 aromatic rings. The third kappa shape index (κ3) is 3.65. The number of hydrogen-bond acceptors (Lipinski definition) is 6. The molecule has 4 N–H and O–H groups in total. The summed E-state index contributed by atoms with van der Waals surface area (Å²) < 4.78 is 0. The van der Waals surface area contributed by atoms with Crippen molar-refractivity contribution in [2.45, 2.75) is 104 Å². The molecule has 4 rings (SSSR count). The van der Waals surface area contributed by atoms with Crippen molar-refractivity contribution in [3.8, 4) is 0 Å². The van der Waals surface area contributed by atoms with E-state index in [0.717, 1.165) is 12.0 Å². The topological polar surface area (TPSA) is 115 Å². The van der Waals surface area contributed by atoms with E-state index >= 15 is 0 Å². The lowest BCUT2D eigenvalue weighted by molar-refractivity contribution is -0.179. The summed E-state index contributed by atoms with van der Waals surface area (Å²) in [7, 11) is 0. The van der Waals surface area contributed by atoms with Crippen LogP contribution in [0.5, 0.6) is 0 Å². The molecular formula is C29H44O6. The molecule has 0 aromatic carbocycles. The van der Waals surface area contributed by atoms with Crippen LogP contribution in [0.1, 0.15) is 80.6 Å². The number of hydrogen-bond donors (Lipinski definition) is 4. The van der Waals surface area contributed by atoms with E-state index in [9.17, 15) is 30.0 Å². The van der Waals surface area contributed by atoms with Crippen LogP contribution in [0.4, 0.5) is 0 Å². The van der Waals surface area contributed by atoms with Crippen molar-refractivity contribution >= 4 is 11.6 Å². The summed E-state index contributed by atoms with van der Waals surface area (Å²) in [4.78, 5) is 27.0. The Labute approximate surface area is 209 Å². The molecule has 8 unspecified atom stereocenters. The fraction of sp³-hybridized carbons (Fsp3) is 0.793. The second-order valence-corrected chi connectivity index (χ2v) is 13.7. The number of Topliss-reactive ketones (excluding diaryl/α,β-unsaturated/α-hetero) is 1. The number of ketones is 2. The number of fused-ring (bicyclic) bond motifs is 5. The highest BCUT2D eigenvalue weighted by molar-refractivity contribution is 5.94. The van der Waals surface area contributed by atoms with Crippen molar-refractivity contribution in [3.63, 3.8) is 0 Å². The fourth-order valence-corrected chi connectivity index (χ4v) is 8.62. The Morgan fingerprint density at radius 2 is 1.77 bits per heavy atom. The van der Waals surface area contributed by atoms with Crippen molar-refractivity contribution in [1.29, 1.82) is 0 Å². The van der Waals surface area contributed by atoms with E-state index in [1.807, 2.05) is 13.8 Å². The SMILES string of the molecule is CC(C)(O)/C=C/C(=O)C(O)C1CCC2(C)C3CC=C4C(CC(O)C(O)C4(C)C)[C@]3(C)C(=O)CC12C. The molecule has 196 valence electrons. The Balaban J connectivity index is 1.72. The molecule has 6 heteroatoms. The summed E-state index contributed by atoms with van der Waals surface area (Å²) in [6.45, 7) is 13.4. The summed E-state index contributed by atoms with van der Waals surface area (Å²) in [5.41, 5.74) is -2.15. The molecule has 0 aliphatic heterocycles. The molecule has 0 heterocycles. The Bertz CT molecular complexity index is 972. The smallest absolute Gasteiger partial charge is 0.184 e. The van der Waals surface area contributed by atoms with E-state index in [-0.39, 0.29) is 35.4 Å². The average Bonchev–Trinajstić information content (AvgIpc) is 3.01. The van der Waals surface area contributed by atoms with Crippen molar-refractivity contribution < 1.29 is 30.0 Å². The molecule has 0 saturated heterocycles. The summed E-state index contributed by atoms with van der Waals surface area (Å²) >= 11 is 0. The van der Waals surface area contributed by atoms with Crippen LogP contribution in [0.2, 0.25) is 0 Å². The summed E-state index contributed by atoms with van der Waals surface area (Å²) in [5.74, 6) is -0.756. The summed E-state index contributed by atoms with van der Waals surface area (Å²) in [5, 5.41) is 42.5. The Hall–Kier alpha value is -1.34. The monoisotopic (exact) mass is 488 g/mol. The number of allylic oxidation sites excluding steroid dienone is 1. The van der Waals surface area contributed by atoms with Crippen molar-refractivity contribution in [2.24, 2.45) is 39.4 Å². The molecule has 3 saturated carbocycles. The van der Waals surface area contributed by atoms with Crippen LogP contribution in [0.15, 0.2) is 23.8 Å². The van der Waals surface area contributed by atoms with E-state index < -0.39 is 45.9 Å². The van der Waals surface area contributed by atoms with Gasteiger partial charge in [-0.2, -0.15) is 0 Å². The maximum absolute atomic E-state index is 14.1. The van der Waals surface area contributed by atoms with Gasteiger partial charge >= 0.3 is 0 Å². The minimum absolute atomic E-state index is 0.0208. The zero-order valence-electron chi connectivity index (χ0n) is 22.3. The first-order valence-electron chi connectivity index (χ1n) is 13.1. The molecular weight excluding hydrogens is 444 g/mol. The molecule has 4 aliphatic carbocycles. The Morgan fingerprint density at radius 3 is 2.37 bits per heavy atom. The standard InChI is InChI=1S/C29H44O6/c1-25(2,35)12-11-19(30)23(33)17-10-13-27(5)21-9-8-16-18(14-20(31)24(34)26(16,3)4)29(21,7)22(32)15-28(17,27)6/h8,11-12,17-18,20-21,23-24,31,33-35H,9-10,13-15H2,1-7H3/b12-11+/t17?,18?,20?,21?,23?,24?,27?,28?,29-/m0/s1. The van der Waals surface area contributed by atoms with E-state index in [4.69, 9.17) is 0 Å². The Morgan fingerprint density at radius 1 is 1.14 bits per heavy atom. The lowest BCUT2D eigenvalue weighted by Crippen LogP contribution is -2.64. The first kappa shape index (κ1) is 26.7. The van der Waals surface area contributed by atoms with Gasteiger partial charge in [0.05, 0.1) is 17.8 Å². The highest BCUT2D eigenvalue weighted by atomic mass is 16.3. The number of aliphatic hydroxyl groups is 4. The maximum Gasteiger partial charge on any atom is 0.184 e. The molecule has 0 bridgehead atoms. The van der Waals surface area contributed by atoms with Crippen molar-refractivity contribution in [1.82, 2.24) is 0 Å². The van der Waals surface area contributed by atoms with Gasteiger partial charge in [0.1, 0.15) is 11.9 Å². The second kappa shape index (κ2) is 8.08. The van der Waals surface area contributed by atoms with E-state index in [1.54, 1.807) is 13.8 Å². The van der Waals surface area contributed by atoms with Crippen LogP contribution in [-0.2, 0) is 9.59 Å². The zero-order chi connectivity index (χ0) is 26.4. The normalized spacial score (nSPS) is 46.0. The largest absolute Gasteiger partial charge is 0.390 e. The summed E-state index contributed by atoms with van der Waals surface area (Å²) in [6.07, 6.45) is 4.74. The first-order chi connectivity index (χ1) is 15.9. The van der Waals surface area contributed by atoms with Crippen LogP contribution in [0.25, 0.3) is 0 Å². The predicted molar refractivity (Wildman–Crippen MR) is 133 cm³/mol. The Kier molecular flexibility index (Phi) is 6.17. The van der Waals surface area contributed by atoms with Crippen LogP contribution >= 0.6 is 0 Å². The second-order valence-electron chi connectivity index (χ2n) is 13.7. The fourth-order valence-electron chi connectivity index (χ4n) is 8.62. The zero-order valence-corrected chi connectivity index (χ0v) is 22.3. The van der Waals surface area contributed by atoms with Gasteiger partial charge in [-0.05, 0) is 74.2 Å². The van der Waals surface area contributed by atoms with Gasteiger partial charge in [-0.1, -0.05) is 52.3 Å². The molecule has 0 radical (unpaired) electrons. The van der Waals surface area contributed by atoms with Gasteiger partial charge in [-0.15, -0.1) is 0 Å². The number of carbonyl (C=O) groups is 2. The van der Waals surface area contributed by atoms with Crippen LogP contribution in [-0.4, -0.2) is 55.9 Å². The number of aliphatic hydroxyl groups excluding tert-OH is 3. The molecule has 0 amide bonds. The van der Waals surface area contributed by atoms with E-state index in [1.165, 1.54) is 12.2 Å². The third-order valence-electron chi connectivity index (χ3n) is 11.0. The molecule has 0 spiro atoms. The van der Waals surface area contributed by atoms with Crippen LogP contribution in [0, 0.1) is 39.4 Å². The number of carbonyl (C=O) groups excluding carboxylic acids is 2. The lowest BCUT2D eigenvalue weighted by Gasteiger charge is -2.65. The maximum atomic E-state index is 14.1. The quantitative estimate of drug-likeness (QED) is 0.356. The molecule has 9 atom stereocenters. The molecule has 6 nitrogen and oxygen atoms in total. The van der Waals surface area contributed by atoms with Gasteiger partial charge in [0.2, 0.25) is 0 Å². The molecule has 4 aliphatic rings. The van der Waals surface area contributed by atoms with Crippen LogP contribution in [0.3, 0.4) is 0 Å². The van der Waals surface area contributed by atoms with Gasteiger partial charge in [-0.25, -0.2) is 0 Å². The van der Waals surface area contributed by atoms with E-state index in [0.29, 0.717) is 19.3 Å². The highest BCUT2D eigenvalue weighted by Crippen LogP contribution is 2.73. The minimum Gasteiger partial charge on any atom is -0.390 e. The molecule has 35 heavy (non-hydrogen) atoms. The summed E-state index contributed by atoms with van der Waals surface area (Å²) in [6, 6.07) is 0. The predicted octanol–water partition coefficient (Wildman–Crippen LogP) is 3.36. The van der Waals surface area contributed by atoms with Gasteiger partial charge in [0.15, 0.2) is 5.78 Å². The van der Waals surface area contributed by atoms with Gasteiger partial charge < -0.3 is 20.4 Å². The van der Waals surface area contributed by atoms with Gasteiger partial charge in [0.25, 0.3) is 0 Å². The van der Waals surface area contributed by atoms with Crippen molar-refractivity contribution in [3.05, 3.63) is 23.8 Å². The van der Waals surface area contributed by atoms with Gasteiger partial charge in [0, 0.05) is 17.3 Å². The molecule has 3 fully saturated rings. The number of rotatable bonds is 4. The minimum atomic E-state index is -1.22. The first-order valence-corrected chi connectivity index (χ1v) is 13.1. The van der Waals surface area contributed by atoms with Crippen LogP contribution < -0.4 is 0 Å². The van der Waals surface area contributed by atoms with E-state index in [2.05, 4.69) is 26.8 Å². The third-order valence-corrected chi connectivity index (χ3v) is 11.0. The van der Waals surface area contributed by atoms with Gasteiger partial charge in [-0.3, -0.25) is 9.59 Å². The van der Waals surface area contributed by atoms with Crippen molar-refractivity contribution in [2.75, 3.05) is 0 Å². The molecule has 0 aromatic heterocycles. The average molecular weight is 489 g/mol.